The number of aliphatic hydroxyl groups is 1. The molecule has 0 saturated heterocycles. The van der Waals surface area contributed by atoms with Crippen molar-refractivity contribution in [2.45, 2.75) is 58.4 Å². The van der Waals surface area contributed by atoms with Crippen LogP contribution in [-0.2, 0) is 0 Å². The molecule has 2 unspecified atom stereocenters. The molecule has 4 nitrogen and oxygen atoms in total. The van der Waals surface area contributed by atoms with Crippen LogP contribution in [0.15, 0.2) is 0 Å². The highest BCUT2D eigenvalue weighted by molar-refractivity contribution is 6.30. The summed E-state index contributed by atoms with van der Waals surface area (Å²) >= 11 is 6.21. The molecule has 1 aliphatic rings. The molecule has 2 N–H and O–H groups in total. The molecule has 0 radical (unpaired) electrons. The zero-order valence-electron chi connectivity index (χ0n) is 12.5. The van der Waals surface area contributed by atoms with Gasteiger partial charge in [-0.15, -0.1) is 0 Å². The molecule has 0 aliphatic heterocycles. The lowest BCUT2D eigenvalue weighted by atomic mass is 9.85. The molecule has 0 aromatic carbocycles. The molecular formula is C15H24ClN3O. The van der Waals surface area contributed by atoms with E-state index in [0.29, 0.717) is 11.1 Å². The molecule has 20 heavy (non-hydrogen) atoms. The highest BCUT2D eigenvalue weighted by atomic mass is 35.5. The fourth-order valence-corrected chi connectivity index (χ4v) is 2.87. The van der Waals surface area contributed by atoms with Crippen molar-refractivity contribution in [3.8, 4) is 0 Å². The molecule has 1 aromatic rings. The van der Waals surface area contributed by atoms with Crippen molar-refractivity contribution in [2.24, 2.45) is 5.92 Å². The van der Waals surface area contributed by atoms with Crippen molar-refractivity contribution >= 4 is 17.4 Å². The van der Waals surface area contributed by atoms with E-state index in [1.54, 1.807) is 0 Å². The number of rotatable bonds is 4. The predicted octanol–water partition coefficient (Wildman–Crippen LogP) is 3.52. The van der Waals surface area contributed by atoms with Crippen LogP contribution in [0.25, 0.3) is 0 Å². The first-order valence-corrected chi connectivity index (χ1v) is 7.82. The number of nitrogens with one attached hydrogen (secondary N) is 1. The quantitative estimate of drug-likeness (QED) is 0.835. The van der Waals surface area contributed by atoms with Crippen LogP contribution >= 0.6 is 11.6 Å². The van der Waals surface area contributed by atoms with Gasteiger partial charge in [0.1, 0.15) is 16.8 Å². The molecule has 0 bridgehead atoms. The molecular weight excluding hydrogens is 274 g/mol. The van der Waals surface area contributed by atoms with Crippen molar-refractivity contribution in [2.75, 3.05) is 11.9 Å². The van der Waals surface area contributed by atoms with Crippen molar-refractivity contribution in [3.05, 3.63) is 16.5 Å². The Kier molecular flexibility index (Phi) is 5.22. The third-order valence-electron chi connectivity index (χ3n) is 4.09. The Labute approximate surface area is 126 Å². The highest BCUT2D eigenvalue weighted by Crippen LogP contribution is 2.29. The normalized spacial score (nSPS) is 23.1. The molecule has 1 heterocycles. The van der Waals surface area contributed by atoms with Gasteiger partial charge in [-0.25, -0.2) is 9.97 Å². The van der Waals surface area contributed by atoms with Gasteiger partial charge in [-0.1, -0.05) is 38.3 Å². The van der Waals surface area contributed by atoms with E-state index in [-0.39, 0.29) is 18.6 Å². The molecule has 0 amide bonds. The fourth-order valence-electron chi connectivity index (χ4n) is 2.70. The van der Waals surface area contributed by atoms with Gasteiger partial charge in [0.15, 0.2) is 0 Å². The van der Waals surface area contributed by atoms with E-state index in [2.05, 4.69) is 29.1 Å². The molecule has 0 spiro atoms. The Balaban J connectivity index is 2.23. The summed E-state index contributed by atoms with van der Waals surface area (Å²) in [5.74, 6) is 2.13. The van der Waals surface area contributed by atoms with Crippen LogP contribution in [0.3, 0.4) is 0 Å². The van der Waals surface area contributed by atoms with Gasteiger partial charge in [-0.2, -0.15) is 0 Å². The molecule has 112 valence electrons. The minimum atomic E-state index is 0.229. The van der Waals surface area contributed by atoms with E-state index >= 15 is 0 Å². The number of aliphatic hydroxyl groups excluding tert-OH is 1. The Morgan fingerprint density at radius 2 is 2.00 bits per heavy atom. The van der Waals surface area contributed by atoms with E-state index in [0.717, 1.165) is 30.0 Å². The third-order valence-corrected chi connectivity index (χ3v) is 4.45. The zero-order valence-corrected chi connectivity index (χ0v) is 13.2. The molecule has 5 heteroatoms. The Morgan fingerprint density at radius 3 is 2.65 bits per heavy atom. The topological polar surface area (TPSA) is 58.0 Å². The number of halogens is 1. The second kappa shape index (κ2) is 6.72. The Morgan fingerprint density at radius 1 is 1.30 bits per heavy atom. The standard InChI is InChI=1S/C15H24ClN3O/c1-9(2)14-18-13(16)10(3)15(19-14)17-12-7-5-4-6-11(12)8-20/h9,11-12,20H,4-8H2,1-3H3,(H,17,18,19). The van der Waals surface area contributed by atoms with Crippen LogP contribution < -0.4 is 5.32 Å². The van der Waals surface area contributed by atoms with Gasteiger partial charge in [0, 0.05) is 30.0 Å². The first-order valence-electron chi connectivity index (χ1n) is 7.44. The van der Waals surface area contributed by atoms with Crippen LogP contribution in [0, 0.1) is 12.8 Å². The smallest absolute Gasteiger partial charge is 0.137 e. The Hall–Kier alpha value is -0.870. The van der Waals surface area contributed by atoms with E-state index in [1.807, 2.05) is 6.92 Å². The van der Waals surface area contributed by atoms with Gasteiger partial charge in [-0.3, -0.25) is 0 Å². The zero-order chi connectivity index (χ0) is 14.7. The predicted molar refractivity (Wildman–Crippen MR) is 82.3 cm³/mol. The van der Waals surface area contributed by atoms with Crippen LogP contribution in [0.4, 0.5) is 5.82 Å². The average molecular weight is 298 g/mol. The molecule has 1 fully saturated rings. The molecule has 1 saturated carbocycles. The molecule has 1 aliphatic carbocycles. The summed E-state index contributed by atoms with van der Waals surface area (Å²) in [5, 5.41) is 13.5. The summed E-state index contributed by atoms with van der Waals surface area (Å²) in [5.41, 5.74) is 0.887. The van der Waals surface area contributed by atoms with Crippen LogP contribution in [0.1, 0.15) is 56.8 Å². The summed E-state index contributed by atoms with van der Waals surface area (Å²) in [6, 6.07) is 0.276. The van der Waals surface area contributed by atoms with E-state index < -0.39 is 0 Å². The summed E-state index contributed by atoms with van der Waals surface area (Å²) in [4.78, 5) is 8.94. The maximum Gasteiger partial charge on any atom is 0.137 e. The van der Waals surface area contributed by atoms with Crippen molar-refractivity contribution in [3.63, 3.8) is 0 Å². The summed E-state index contributed by atoms with van der Waals surface area (Å²) in [7, 11) is 0. The fraction of sp³-hybridized carbons (Fsp3) is 0.733. The number of hydrogen-bond acceptors (Lipinski definition) is 4. The third kappa shape index (κ3) is 3.41. The molecule has 2 atom stereocenters. The van der Waals surface area contributed by atoms with Gasteiger partial charge >= 0.3 is 0 Å². The lowest BCUT2D eigenvalue weighted by Gasteiger charge is -2.31. The summed E-state index contributed by atoms with van der Waals surface area (Å²) < 4.78 is 0. The molecule has 1 aromatic heterocycles. The SMILES string of the molecule is Cc1c(Cl)nc(C(C)C)nc1NC1CCCCC1CO. The van der Waals surface area contributed by atoms with Gasteiger partial charge < -0.3 is 10.4 Å². The molecule has 2 rings (SSSR count). The largest absolute Gasteiger partial charge is 0.396 e. The van der Waals surface area contributed by atoms with E-state index in [1.165, 1.54) is 12.8 Å². The van der Waals surface area contributed by atoms with Crippen LogP contribution in [-0.4, -0.2) is 27.7 Å². The summed E-state index contributed by atoms with van der Waals surface area (Å²) in [6.45, 7) is 6.28. The van der Waals surface area contributed by atoms with Crippen molar-refractivity contribution < 1.29 is 5.11 Å². The first-order chi connectivity index (χ1) is 9.52. The van der Waals surface area contributed by atoms with Crippen molar-refractivity contribution in [1.29, 1.82) is 0 Å². The lowest BCUT2D eigenvalue weighted by molar-refractivity contribution is 0.178. The first kappa shape index (κ1) is 15.5. The number of anilines is 1. The number of hydrogen-bond donors (Lipinski definition) is 2. The van der Waals surface area contributed by atoms with Crippen LogP contribution in [0.2, 0.25) is 5.15 Å². The second-order valence-electron chi connectivity index (χ2n) is 5.98. The minimum Gasteiger partial charge on any atom is -0.396 e. The lowest BCUT2D eigenvalue weighted by Crippen LogP contribution is -2.35. The number of nitrogens with zero attached hydrogens (tertiary/aromatic N) is 2. The minimum absolute atomic E-state index is 0.229. The van der Waals surface area contributed by atoms with Gasteiger partial charge in [0.25, 0.3) is 0 Å². The van der Waals surface area contributed by atoms with Gasteiger partial charge in [-0.05, 0) is 19.8 Å². The Bertz CT molecular complexity index is 465. The van der Waals surface area contributed by atoms with Crippen LogP contribution in [0.5, 0.6) is 0 Å². The number of aromatic nitrogens is 2. The highest BCUT2D eigenvalue weighted by Gasteiger charge is 2.25. The van der Waals surface area contributed by atoms with E-state index in [9.17, 15) is 5.11 Å². The maximum atomic E-state index is 9.51. The second-order valence-corrected chi connectivity index (χ2v) is 6.34. The monoisotopic (exact) mass is 297 g/mol. The van der Waals surface area contributed by atoms with E-state index in [4.69, 9.17) is 11.6 Å². The van der Waals surface area contributed by atoms with Gasteiger partial charge in [0.2, 0.25) is 0 Å². The summed E-state index contributed by atoms with van der Waals surface area (Å²) in [6.07, 6.45) is 4.54. The average Bonchev–Trinajstić information content (AvgIpc) is 2.44. The maximum absolute atomic E-state index is 9.51. The van der Waals surface area contributed by atoms with Gasteiger partial charge in [0.05, 0.1) is 0 Å². The van der Waals surface area contributed by atoms with Crippen molar-refractivity contribution in [1.82, 2.24) is 9.97 Å².